The van der Waals surface area contributed by atoms with Gasteiger partial charge in [0.25, 0.3) is 0 Å². The Morgan fingerprint density at radius 2 is 1.96 bits per heavy atom. The van der Waals surface area contributed by atoms with E-state index < -0.39 is 0 Å². The van der Waals surface area contributed by atoms with Crippen molar-refractivity contribution in [3.05, 3.63) is 64.9 Å². The number of aryl methyl sites for hydroxylation is 1. The van der Waals surface area contributed by atoms with Gasteiger partial charge in [-0.15, -0.1) is 0 Å². The van der Waals surface area contributed by atoms with Crippen LogP contribution in [0.2, 0.25) is 5.02 Å². The first-order valence-corrected chi connectivity index (χ1v) is 7.99. The number of benzene rings is 2. The number of fused-ring (bicyclic) bond motifs is 1. The molecular formula is C19H18ClNO2. The quantitative estimate of drug-likeness (QED) is 0.676. The van der Waals surface area contributed by atoms with Crippen LogP contribution in [0.5, 0.6) is 0 Å². The summed E-state index contributed by atoms with van der Waals surface area (Å²) in [5, 5.41) is 1.58. The van der Waals surface area contributed by atoms with Crippen molar-refractivity contribution in [2.45, 2.75) is 20.3 Å². The number of hydrogen-bond donors (Lipinski definition) is 0. The van der Waals surface area contributed by atoms with Gasteiger partial charge in [-0.3, -0.25) is 4.79 Å². The van der Waals surface area contributed by atoms with Gasteiger partial charge in [0.15, 0.2) is 0 Å². The predicted molar refractivity (Wildman–Crippen MR) is 94.1 cm³/mol. The summed E-state index contributed by atoms with van der Waals surface area (Å²) in [6.45, 7) is 4.53. The van der Waals surface area contributed by atoms with Crippen LogP contribution in [0, 0.1) is 6.92 Å². The summed E-state index contributed by atoms with van der Waals surface area (Å²) < 4.78 is 5.58. The Morgan fingerprint density at radius 3 is 2.65 bits per heavy atom. The third kappa shape index (κ3) is 3.10. The summed E-state index contributed by atoms with van der Waals surface area (Å²) >= 11 is 6.20. The zero-order valence-corrected chi connectivity index (χ0v) is 13.9. The number of rotatable bonds is 4. The van der Waals surface area contributed by atoms with Gasteiger partial charge in [-0.25, -0.2) is 0 Å². The highest BCUT2D eigenvalue weighted by Gasteiger charge is 2.17. The van der Waals surface area contributed by atoms with E-state index in [9.17, 15) is 4.79 Å². The van der Waals surface area contributed by atoms with E-state index in [1.807, 2.05) is 56.3 Å². The van der Waals surface area contributed by atoms with Gasteiger partial charge >= 0.3 is 0 Å². The second-order valence-corrected chi connectivity index (χ2v) is 5.92. The van der Waals surface area contributed by atoms with Gasteiger partial charge in [-0.1, -0.05) is 29.8 Å². The normalized spacial score (nSPS) is 10.9. The van der Waals surface area contributed by atoms with Crippen molar-refractivity contribution in [1.82, 2.24) is 0 Å². The van der Waals surface area contributed by atoms with Crippen LogP contribution in [-0.4, -0.2) is 12.5 Å². The molecule has 0 atom stereocenters. The number of carbonyl (C=O) groups excluding carboxylic acids is 1. The molecule has 23 heavy (non-hydrogen) atoms. The highest BCUT2D eigenvalue weighted by atomic mass is 35.5. The monoisotopic (exact) mass is 327 g/mol. The van der Waals surface area contributed by atoms with Crippen molar-refractivity contribution in [1.29, 1.82) is 0 Å². The average Bonchev–Trinajstić information content (AvgIpc) is 2.91. The molecule has 0 unspecified atom stereocenters. The fourth-order valence-corrected chi connectivity index (χ4v) is 2.87. The molecule has 0 saturated carbocycles. The first-order valence-electron chi connectivity index (χ1n) is 7.61. The molecular weight excluding hydrogens is 310 g/mol. The maximum Gasteiger partial charge on any atom is 0.231 e. The van der Waals surface area contributed by atoms with Crippen LogP contribution < -0.4 is 4.90 Å². The Balaban J connectivity index is 1.89. The molecule has 118 valence electrons. The number of anilines is 1. The largest absolute Gasteiger partial charge is 0.464 e. The van der Waals surface area contributed by atoms with E-state index in [4.69, 9.17) is 16.0 Å². The lowest BCUT2D eigenvalue weighted by Gasteiger charge is -2.20. The van der Waals surface area contributed by atoms with E-state index in [-0.39, 0.29) is 12.3 Å². The fourth-order valence-electron chi connectivity index (χ4n) is 2.71. The summed E-state index contributed by atoms with van der Waals surface area (Å²) in [6, 6.07) is 13.5. The molecule has 3 rings (SSSR count). The minimum absolute atomic E-state index is 0.0399. The van der Waals surface area contributed by atoms with Crippen molar-refractivity contribution in [2.24, 2.45) is 0 Å². The number of halogens is 1. The molecule has 4 heteroatoms. The molecule has 3 nitrogen and oxygen atoms in total. The zero-order chi connectivity index (χ0) is 16.4. The minimum Gasteiger partial charge on any atom is -0.464 e. The van der Waals surface area contributed by atoms with Gasteiger partial charge < -0.3 is 9.32 Å². The molecule has 0 spiro atoms. The Labute approximate surface area is 140 Å². The zero-order valence-electron chi connectivity index (χ0n) is 13.2. The van der Waals surface area contributed by atoms with Gasteiger partial charge in [0.2, 0.25) is 5.91 Å². The summed E-state index contributed by atoms with van der Waals surface area (Å²) in [5.74, 6) is 0.0399. The molecule has 0 fully saturated rings. The lowest BCUT2D eigenvalue weighted by Crippen LogP contribution is -2.31. The van der Waals surface area contributed by atoms with Crippen molar-refractivity contribution in [2.75, 3.05) is 11.4 Å². The van der Waals surface area contributed by atoms with E-state index in [0.717, 1.165) is 27.8 Å². The second-order valence-electron chi connectivity index (χ2n) is 5.51. The van der Waals surface area contributed by atoms with E-state index >= 15 is 0 Å². The number of hydrogen-bond acceptors (Lipinski definition) is 2. The Hall–Kier alpha value is -2.26. The van der Waals surface area contributed by atoms with Crippen LogP contribution in [0.3, 0.4) is 0 Å². The van der Waals surface area contributed by atoms with Crippen LogP contribution in [0.1, 0.15) is 18.1 Å². The summed E-state index contributed by atoms with van der Waals surface area (Å²) in [5.41, 5.74) is 3.49. The average molecular weight is 328 g/mol. The van der Waals surface area contributed by atoms with Crippen LogP contribution in [0.15, 0.2) is 53.1 Å². The molecule has 1 heterocycles. The van der Waals surface area contributed by atoms with Crippen LogP contribution in [0.25, 0.3) is 11.0 Å². The molecule has 2 aromatic carbocycles. The van der Waals surface area contributed by atoms with Gasteiger partial charge in [-0.2, -0.15) is 0 Å². The second kappa shape index (κ2) is 6.47. The molecule has 3 aromatic rings. The molecule has 0 saturated heterocycles. The third-order valence-electron chi connectivity index (χ3n) is 3.96. The molecule has 0 aliphatic heterocycles. The smallest absolute Gasteiger partial charge is 0.231 e. The molecule has 0 N–H and O–H groups in total. The van der Waals surface area contributed by atoms with E-state index in [1.165, 1.54) is 0 Å². The van der Waals surface area contributed by atoms with Gasteiger partial charge in [0, 0.05) is 28.2 Å². The van der Waals surface area contributed by atoms with Crippen molar-refractivity contribution < 1.29 is 9.21 Å². The standard InChI is InChI=1S/C19H18ClNO2/c1-3-21(15-7-5-4-6-8-15)19(22)10-14-12-23-18-9-13(2)17(20)11-16(14)18/h4-9,11-12H,3,10H2,1-2H3. The predicted octanol–water partition coefficient (Wildman–Crippen LogP) is 4.99. The molecule has 1 aromatic heterocycles. The summed E-state index contributed by atoms with van der Waals surface area (Å²) in [4.78, 5) is 14.5. The first kappa shape index (κ1) is 15.6. The fraction of sp³-hybridized carbons (Fsp3) is 0.211. The number of amides is 1. The lowest BCUT2D eigenvalue weighted by molar-refractivity contribution is -0.117. The van der Waals surface area contributed by atoms with E-state index in [2.05, 4.69) is 0 Å². The third-order valence-corrected chi connectivity index (χ3v) is 4.37. The highest BCUT2D eigenvalue weighted by molar-refractivity contribution is 6.32. The minimum atomic E-state index is 0.0399. The molecule has 0 bridgehead atoms. The van der Waals surface area contributed by atoms with Gasteiger partial charge in [-0.05, 0) is 43.7 Å². The maximum absolute atomic E-state index is 12.7. The van der Waals surface area contributed by atoms with Crippen molar-refractivity contribution >= 4 is 34.2 Å². The maximum atomic E-state index is 12.7. The van der Waals surface area contributed by atoms with Gasteiger partial charge in [0.1, 0.15) is 5.58 Å². The lowest BCUT2D eigenvalue weighted by atomic mass is 10.1. The van der Waals surface area contributed by atoms with Crippen molar-refractivity contribution in [3.8, 4) is 0 Å². The number of furan rings is 1. The Kier molecular flexibility index (Phi) is 4.39. The van der Waals surface area contributed by atoms with Crippen LogP contribution >= 0.6 is 11.6 Å². The number of likely N-dealkylation sites (N-methyl/N-ethyl adjacent to an activating group) is 1. The highest BCUT2D eigenvalue weighted by Crippen LogP contribution is 2.28. The van der Waals surface area contributed by atoms with E-state index in [0.29, 0.717) is 11.6 Å². The number of carbonyl (C=O) groups is 1. The SMILES string of the molecule is CCN(C(=O)Cc1coc2cc(C)c(Cl)cc12)c1ccccc1. The first-order chi connectivity index (χ1) is 11.1. The van der Waals surface area contributed by atoms with Crippen molar-refractivity contribution in [3.63, 3.8) is 0 Å². The number of nitrogens with zero attached hydrogens (tertiary/aromatic N) is 1. The summed E-state index contributed by atoms with van der Waals surface area (Å²) in [6.07, 6.45) is 1.94. The van der Waals surface area contributed by atoms with Gasteiger partial charge in [0.05, 0.1) is 12.7 Å². The Morgan fingerprint density at radius 1 is 1.22 bits per heavy atom. The van der Waals surface area contributed by atoms with E-state index in [1.54, 1.807) is 11.2 Å². The van der Waals surface area contributed by atoms with Crippen LogP contribution in [0.4, 0.5) is 5.69 Å². The molecule has 1 amide bonds. The number of para-hydroxylation sites is 1. The molecule has 0 aliphatic rings. The topological polar surface area (TPSA) is 33.5 Å². The Bertz CT molecular complexity index is 839. The molecule has 0 radical (unpaired) electrons. The molecule has 0 aliphatic carbocycles. The summed E-state index contributed by atoms with van der Waals surface area (Å²) in [7, 11) is 0. The van der Waals surface area contributed by atoms with Crippen LogP contribution in [-0.2, 0) is 11.2 Å².